The molecule has 0 unspecified atom stereocenters. The van der Waals surface area contributed by atoms with Crippen molar-refractivity contribution in [3.63, 3.8) is 0 Å². The molecule has 0 radical (unpaired) electrons. The van der Waals surface area contributed by atoms with Crippen LogP contribution in [0.1, 0.15) is 6.42 Å². The lowest BCUT2D eigenvalue weighted by Crippen LogP contribution is -2.11. The predicted octanol–water partition coefficient (Wildman–Crippen LogP) is 1.29. The summed E-state index contributed by atoms with van der Waals surface area (Å²) in [6.07, 6.45) is 8.42. The van der Waals surface area contributed by atoms with Crippen LogP contribution in [0.25, 0.3) is 0 Å². The molecule has 0 heterocycles. The van der Waals surface area contributed by atoms with Crippen LogP contribution in [0.3, 0.4) is 0 Å². The number of hydrogen-bond acceptors (Lipinski definition) is 1. The molecule has 0 saturated carbocycles. The molecule has 0 rings (SSSR count). The molecule has 0 amide bonds. The van der Waals surface area contributed by atoms with Gasteiger partial charge in [-0.1, -0.05) is 0 Å². The van der Waals surface area contributed by atoms with Crippen molar-refractivity contribution >= 4 is 10.0 Å². The summed E-state index contributed by atoms with van der Waals surface area (Å²) < 4.78 is 0. The zero-order valence-corrected chi connectivity index (χ0v) is 7.85. The van der Waals surface area contributed by atoms with Gasteiger partial charge >= 0.3 is 0 Å². The lowest BCUT2D eigenvalue weighted by atomic mass is 10.5. The van der Waals surface area contributed by atoms with Crippen molar-refractivity contribution in [2.24, 2.45) is 0 Å². The molecule has 0 fully saturated rings. The lowest BCUT2D eigenvalue weighted by molar-refractivity contribution is 0.776. The Hall–Kier alpha value is 0.310. The number of rotatable bonds is 4. The van der Waals surface area contributed by atoms with Crippen molar-refractivity contribution in [1.82, 2.24) is 5.32 Å². The van der Waals surface area contributed by atoms with Crippen LogP contribution in [0.2, 0.25) is 0 Å². The van der Waals surface area contributed by atoms with Crippen molar-refractivity contribution in [1.29, 1.82) is 0 Å². The number of nitrogens with one attached hydrogen (secondary N) is 1. The maximum Gasteiger partial charge on any atom is -0.00446 e. The molecule has 0 bridgehead atoms. The molecule has 1 N–H and O–H groups in total. The molecule has 0 aliphatic rings. The fourth-order valence-electron chi connectivity index (χ4n) is 0.682. The standard InChI is InChI=1S/C7H19NS/c1-8-6-5-7-9(2,3)4/h8H,5-7H2,1-4H3. The van der Waals surface area contributed by atoms with Gasteiger partial charge in [0.25, 0.3) is 0 Å². The smallest absolute Gasteiger partial charge is 0.00446 e. The van der Waals surface area contributed by atoms with Crippen molar-refractivity contribution in [2.75, 3.05) is 38.1 Å². The highest BCUT2D eigenvalue weighted by Gasteiger charge is 2.01. The van der Waals surface area contributed by atoms with E-state index < -0.39 is 0 Å². The minimum Gasteiger partial charge on any atom is -0.320 e. The van der Waals surface area contributed by atoms with Gasteiger partial charge in [-0.2, -0.15) is 0 Å². The number of hydrogen-bond donors (Lipinski definition) is 1. The largest absolute Gasteiger partial charge is 0.320 e. The maximum atomic E-state index is 3.15. The summed E-state index contributed by atoms with van der Waals surface area (Å²) in [5.74, 6) is 1.40. The van der Waals surface area contributed by atoms with Crippen LogP contribution >= 0.6 is 10.0 Å². The molecule has 0 aromatic heterocycles. The predicted molar refractivity (Wildman–Crippen MR) is 48.8 cm³/mol. The highest BCUT2D eigenvalue weighted by molar-refractivity contribution is 8.32. The van der Waals surface area contributed by atoms with Crippen LogP contribution in [0.15, 0.2) is 0 Å². The van der Waals surface area contributed by atoms with E-state index in [1.165, 1.54) is 18.7 Å². The fourth-order valence-corrected chi connectivity index (χ4v) is 1.69. The Morgan fingerprint density at radius 3 is 2.11 bits per heavy atom. The zero-order chi connectivity index (χ0) is 7.33. The summed E-state index contributed by atoms with van der Waals surface area (Å²) in [6, 6.07) is 0. The first kappa shape index (κ1) is 9.31. The van der Waals surface area contributed by atoms with Gasteiger partial charge in [0.15, 0.2) is 0 Å². The second-order valence-corrected chi connectivity index (χ2v) is 7.84. The molecule has 9 heavy (non-hydrogen) atoms. The van der Waals surface area contributed by atoms with Gasteiger partial charge in [-0.3, -0.25) is 0 Å². The Bertz CT molecular complexity index is 65.8. The van der Waals surface area contributed by atoms with E-state index in [1.807, 2.05) is 7.05 Å². The minimum absolute atomic E-state index is 0.236. The quantitative estimate of drug-likeness (QED) is 0.594. The third-order valence-corrected chi connectivity index (χ3v) is 2.70. The van der Waals surface area contributed by atoms with E-state index in [-0.39, 0.29) is 10.0 Å². The third kappa shape index (κ3) is 8.31. The summed E-state index contributed by atoms with van der Waals surface area (Å²) in [5.41, 5.74) is 0. The van der Waals surface area contributed by atoms with Gasteiger partial charge in [-0.05, 0) is 44.5 Å². The summed E-state index contributed by atoms with van der Waals surface area (Å²) >= 11 is 0. The molecule has 0 saturated heterocycles. The van der Waals surface area contributed by atoms with Gasteiger partial charge in [0.2, 0.25) is 0 Å². The summed E-state index contributed by atoms with van der Waals surface area (Å²) in [4.78, 5) is 0. The summed E-state index contributed by atoms with van der Waals surface area (Å²) in [6.45, 7) is 1.17. The molecule has 0 aliphatic carbocycles. The van der Waals surface area contributed by atoms with Crippen LogP contribution < -0.4 is 5.32 Å². The van der Waals surface area contributed by atoms with Crippen LogP contribution in [0.4, 0.5) is 0 Å². The maximum absolute atomic E-state index is 3.15. The highest BCUT2D eigenvalue weighted by Crippen LogP contribution is 2.34. The van der Waals surface area contributed by atoms with Crippen LogP contribution in [-0.4, -0.2) is 38.1 Å². The van der Waals surface area contributed by atoms with E-state index in [2.05, 4.69) is 24.1 Å². The highest BCUT2D eigenvalue weighted by atomic mass is 32.3. The summed E-state index contributed by atoms with van der Waals surface area (Å²) in [5, 5.41) is 3.15. The molecule has 0 aliphatic heterocycles. The second kappa shape index (κ2) is 4.18. The van der Waals surface area contributed by atoms with Crippen LogP contribution in [0, 0.1) is 0 Å². The normalized spacial score (nSPS) is 13.8. The van der Waals surface area contributed by atoms with Crippen molar-refractivity contribution in [3.8, 4) is 0 Å². The van der Waals surface area contributed by atoms with Gasteiger partial charge in [-0.25, -0.2) is 10.0 Å². The Labute approximate surface area is 60.5 Å². The van der Waals surface area contributed by atoms with E-state index in [1.54, 1.807) is 0 Å². The first-order valence-electron chi connectivity index (χ1n) is 3.37. The van der Waals surface area contributed by atoms with Crippen molar-refractivity contribution in [2.45, 2.75) is 6.42 Å². The first-order chi connectivity index (χ1) is 4.06. The Morgan fingerprint density at radius 2 is 1.78 bits per heavy atom. The van der Waals surface area contributed by atoms with Crippen molar-refractivity contribution in [3.05, 3.63) is 0 Å². The van der Waals surface area contributed by atoms with Gasteiger partial charge in [0.05, 0.1) is 0 Å². The molecule has 0 aromatic rings. The van der Waals surface area contributed by atoms with Crippen LogP contribution in [-0.2, 0) is 0 Å². The van der Waals surface area contributed by atoms with E-state index >= 15 is 0 Å². The van der Waals surface area contributed by atoms with Gasteiger partial charge in [-0.15, -0.1) is 0 Å². The SMILES string of the molecule is CNCCCS(C)(C)C. The molecule has 2 heteroatoms. The average molecular weight is 149 g/mol. The first-order valence-corrected chi connectivity index (χ1v) is 6.39. The van der Waals surface area contributed by atoms with Crippen LogP contribution in [0.5, 0.6) is 0 Å². The Morgan fingerprint density at radius 1 is 1.22 bits per heavy atom. The topological polar surface area (TPSA) is 12.0 Å². The average Bonchev–Trinajstić information content (AvgIpc) is 1.63. The molecule has 0 aromatic carbocycles. The molecule has 0 atom stereocenters. The molecular weight excluding hydrogens is 130 g/mol. The van der Waals surface area contributed by atoms with E-state index in [4.69, 9.17) is 0 Å². The Kier molecular flexibility index (Phi) is 4.32. The minimum atomic E-state index is -0.236. The van der Waals surface area contributed by atoms with Gasteiger partial charge < -0.3 is 5.32 Å². The monoisotopic (exact) mass is 149 g/mol. The lowest BCUT2D eigenvalue weighted by Gasteiger charge is -2.24. The molecular formula is C7H19NS. The van der Waals surface area contributed by atoms with Crippen molar-refractivity contribution < 1.29 is 0 Å². The molecule has 58 valence electrons. The zero-order valence-electron chi connectivity index (χ0n) is 7.03. The summed E-state index contributed by atoms with van der Waals surface area (Å²) in [7, 11) is 1.78. The molecule has 1 nitrogen and oxygen atoms in total. The Balaban J connectivity index is 3.07. The molecule has 0 spiro atoms. The fraction of sp³-hybridized carbons (Fsp3) is 1.00. The van der Waals surface area contributed by atoms with E-state index in [0.29, 0.717) is 0 Å². The van der Waals surface area contributed by atoms with Gasteiger partial charge in [0, 0.05) is 0 Å². The van der Waals surface area contributed by atoms with E-state index in [0.717, 1.165) is 0 Å². The van der Waals surface area contributed by atoms with Gasteiger partial charge in [0.1, 0.15) is 0 Å². The second-order valence-electron chi connectivity index (χ2n) is 3.25. The third-order valence-electron chi connectivity index (χ3n) is 1.18. The van der Waals surface area contributed by atoms with E-state index in [9.17, 15) is 0 Å².